The molecule has 0 saturated carbocycles. The standard InChI is InChI=1S/C22H26FN3O2/c1-25(20-7-3-2-4-8-20)15-13-24-21(27)18-6-5-14-26(16-18)22(28)17-9-11-19(23)12-10-17/h2-4,7-12,18H,5-6,13-16H2,1H3,(H,24,27). The molecular formula is C22H26FN3O2. The van der Waals surface area contributed by atoms with Crippen molar-refractivity contribution in [3.63, 3.8) is 0 Å². The lowest BCUT2D eigenvalue weighted by Crippen LogP contribution is -2.46. The topological polar surface area (TPSA) is 52.7 Å². The number of likely N-dealkylation sites (N-methyl/N-ethyl adjacent to an activating group) is 1. The van der Waals surface area contributed by atoms with Gasteiger partial charge in [0.15, 0.2) is 0 Å². The van der Waals surface area contributed by atoms with Gasteiger partial charge in [-0.15, -0.1) is 0 Å². The van der Waals surface area contributed by atoms with Crippen molar-refractivity contribution in [2.24, 2.45) is 5.92 Å². The molecule has 148 valence electrons. The van der Waals surface area contributed by atoms with E-state index in [2.05, 4.69) is 10.2 Å². The highest BCUT2D eigenvalue weighted by Crippen LogP contribution is 2.19. The number of halogens is 1. The smallest absolute Gasteiger partial charge is 0.253 e. The molecule has 1 saturated heterocycles. The fourth-order valence-corrected chi connectivity index (χ4v) is 3.45. The summed E-state index contributed by atoms with van der Waals surface area (Å²) in [7, 11) is 1.99. The van der Waals surface area contributed by atoms with Crippen molar-refractivity contribution in [1.29, 1.82) is 0 Å². The zero-order valence-corrected chi connectivity index (χ0v) is 16.1. The van der Waals surface area contributed by atoms with E-state index in [9.17, 15) is 14.0 Å². The number of likely N-dealkylation sites (tertiary alicyclic amines) is 1. The van der Waals surface area contributed by atoms with Crippen LogP contribution in [0.1, 0.15) is 23.2 Å². The molecule has 1 aliphatic heterocycles. The molecule has 0 bridgehead atoms. The molecule has 0 radical (unpaired) electrons. The highest BCUT2D eigenvalue weighted by atomic mass is 19.1. The Morgan fingerprint density at radius 2 is 1.86 bits per heavy atom. The number of para-hydroxylation sites is 1. The molecule has 0 spiro atoms. The third-order valence-electron chi connectivity index (χ3n) is 5.11. The SMILES string of the molecule is CN(CCNC(=O)C1CCCN(C(=O)c2ccc(F)cc2)C1)c1ccccc1. The van der Waals surface area contributed by atoms with Crippen molar-refractivity contribution in [3.8, 4) is 0 Å². The van der Waals surface area contributed by atoms with E-state index < -0.39 is 0 Å². The van der Waals surface area contributed by atoms with Gasteiger partial charge in [0, 0.05) is 44.5 Å². The molecule has 1 unspecified atom stereocenters. The first-order valence-corrected chi connectivity index (χ1v) is 9.63. The van der Waals surface area contributed by atoms with Crippen LogP contribution in [0.25, 0.3) is 0 Å². The van der Waals surface area contributed by atoms with Gasteiger partial charge in [-0.2, -0.15) is 0 Å². The summed E-state index contributed by atoms with van der Waals surface area (Å²) in [5.41, 5.74) is 1.55. The maximum atomic E-state index is 13.1. The van der Waals surface area contributed by atoms with Gasteiger partial charge in [-0.25, -0.2) is 4.39 Å². The van der Waals surface area contributed by atoms with E-state index in [-0.39, 0.29) is 23.5 Å². The number of rotatable bonds is 6. The van der Waals surface area contributed by atoms with Gasteiger partial charge in [0.05, 0.1) is 5.92 Å². The number of carbonyl (C=O) groups excluding carboxylic acids is 2. The molecule has 3 rings (SSSR count). The molecule has 0 aliphatic carbocycles. The van der Waals surface area contributed by atoms with E-state index in [4.69, 9.17) is 0 Å². The summed E-state index contributed by atoms with van der Waals surface area (Å²) in [6.07, 6.45) is 1.56. The third-order valence-corrected chi connectivity index (χ3v) is 5.11. The van der Waals surface area contributed by atoms with E-state index in [1.54, 1.807) is 4.90 Å². The van der Waals surface area contributed by atoms with Gasteiger partial charge in [-0.3, -0.25) is 9.59 Å². The second-order valence-corrected chi connectivity index (χ2v) is 7.15. The Bertz CT molecular complexity index is 795. The molecular weight excluding hydrogens is 357 g/mol. The minimum absolute atomic E-state index is 0.0157. The Morgan fingerprint density at radius 3 is 2.57 bits per heavy atom. The van der Waals surface area contributed by atoms with E-state index in [1.165, 1.54) is 24.3 Å². The summed E-state index contributed by atoms with van der Waals surface area (Å²) in [5.74, 6) is -0.743. The van der Waals surface area contributed by atoms with Crippen molar-refractivity contribution in [2.75, 3.05) is 38.1 Å². The van der Waals surface area contributed by atoms with Gasteiger partial charge in [-0.1, -0.05) is 18.2 Å². The van der Waals surface area contributed by atoms with Crippen LogP contribution in [0, 0.1) is 11.7 Å². The molecule has 6 heteroatoms. The van der Waals surface area contributed by atoms with E-state index in [1.807, 2.05) is 37.4 Å². The lowest BCUT2D eigenvalue weighted by atomic mass is 9.96. The van der Waals surface area contributed by atoms with Gasteiger partial charge < -0.3 is 15.1 Å². The molecule has 1 heterocycles. The molecule has 1 aliphatic rings. The normalized spacial score (nSPS) is 16.5. The number of hydrogen-bond donors (Lipinski definition) is 1. The fourth-order valence-electron chi connectivity index (χ4n) is 3.45. The van der Waals surface area contributed by atoms with Crippen molar-refractivity contribution in [3.05, 3.63) is 66.0 Å². The van der Waals surface area contributed by atoms with Crippen LogP contribution in [-0.4, -0.2) is 49.9 Å². The molecule has 0 aromatic heterocycles. The number of piperidine rings is 1. The van der Waals surface area contributed by atoms with Gasteiger partial charge in [-0.05, 0) is 49.2 Å². The van der Waals surface area contributed by atoms with Crippen LogP contribution in [0.2, 0.25) is 0 Å². The highest BCUT2D eigenvalue weighted by molar-refractivity contribution is 5.94. The minimum atomic E-state index is -0.368. The van der Waals surface area contributed by atoms with E-state index in [0.29, 0.717) is 31.7 Å². The molecule has 2 aromatic rings. The monoisotopic (exact) mass is 383 g/mol. The molecule has 1 N–H and O–H groups in total. The van der Waals surface area contributed by atoms with Gasteiger partial charge in [0.25, 0.3) is 5.91 Å². The second kappa shape index (κ2) is 9.35. The number of nitrogens with zero attached hydrogens (tertiary/aromatic N) is 2. The zero-order valence-electron chi connectivity index (χ0n) is 16.1. The van der Waals surface area contributed by atoms with Gasteiger partial charge in [0.1, 0.15) is 5.82 Å². The van der Waals surface area contributed by atoms with Crippen LogP contribution in [0.3, 0.4) is 0 Å². The van der Waals surface area contributed by atoms with E-state index in [0.717, 1.165) is 18.5 Å². The fraction of sp³-hybridized carbons (Fsp3) is 0.364. The van der Waals surface area contributed by atoms with Gasteiger partial charge in [0.2, 0.25) is 5.91 Å². The number of hydrogen-bond acceptors (Lipinski definition) is 3. The first-order chi connectivity index (χ1) is 13.5. The van der Waals surface area contributed by atoms with Crippen molar-refractivity contribution < 1.29 is 14.0 Å². The Hall–Kier alpha value is -2.89. The van der Waals surface area contributed by atoms with Crippen molar-refractivity contribution >= 4 is 17.5 Å². The quantitative estimate of drug-likeness (QED) is 0.835. The molecule has 2 aromatic carbocycles. The van der Waals surface area contributed by atoms with Crippen LogP contribution < -0.4 is 10.2 Å². The van der Waals surface area contributed by atoms with E-state index >= 15 is 0 Å². The number of anilines is 1. The molecule has 28 heavy (non-hydrogen) atoms. The van der Waals surface area contributed by atoms with Crippen LogP contribution in [0.15, 0.2) is 54.6 Å². The number of amides is 2. The molecule has 5 nitrogen and oxygen atoms in total. The summed E-state index contributed by atoms with van der Waals surface area (Å²) in [4.78, 5) is 28.9. The lowest BCUT2D eigenvalue weighted by Gasteiger charge is -2.32. The average Bonchev–Trinajstić information content (AvgIpc) is 2.74. The maximum Gasteiger partial charge on any atom is 0.253 e. The Morgan fingerprint density at radius 1 is 1.14 bits per heavy atom. The minimum Gasteiger partial charge on any atom is -0.373 e. The Balaban J connectivity index is 1.48. The first-order valence-electron chi connectivity index (χ1n) is 9.63. The predicted octanol–water partition coefficient (Wildman–Crippen LogP) is 2.93. The number of carbonyl (C=O) groups is 2. The summed E-state index contributed by atoms with van der Waals surface area (Å²) in [6.45, 7) is 2.28. The summed E-state index contributed by atoms with van der Waals surface area (Å²) >= 11 is 0. The lowest BCUT2D eigenvalue weighted by molar-refractivity contribution is -0.126. The molecule has 2 amide bonds. The number of nitrogens with one attached hydrogen (secondary N) is 1. The van der Waals surface area contributed by atoms with Crippen LogP contribution in [0.4, 0.5) is 10.1 Å². The molecule has 1 atom stereocenters. The highest BCUT2D eigenvalue weighted by Gasteiger charge is 2.28. The Labute approximate surface area is 165 Å². The zero-order chi connectivity index (χ0) is 19.9. The summed E-state index contributed by atoms with van der Waals surface area (Å²) < 4.78 is 13.1. The van der Waals surface area contributed by atoms with Crippen molar-refractivity contribution in [2.45, 2.75) is 12.8 Å². The van der Waals surface area contributed by atoms with Crippen LogP contribution >= 0.6 is 0 Å². The average molecular weight is 383 g/mol. The van der Waals surface area contributed by atoms with Crippen LogP contribution in [-0.2, 0) is 4.79 Å². The van der Waals surface area contributed by atoms with Crippen LogP contribution in [0.5, 0.6) is 0 Å². The largest absolute Gasteiger partial charge is 0.373 e. The van der Waals surface area contributed by atoms with Crippen molar-refractivity contribution in [1.82, 2.24) is 10.2 Å². The number of benzene rings is 2. The Kier molecular flexibility index (Phi) is 6.63. The summed E-state index contributed by atoms with van der Waals surface area (Å²) in [5, 5.41) is 2.99. The second-order valence-electron chi connectivity index (χ2n) is 7.15. The predicted molar refractivity (Wildman–Crippen MR) is 108 cm³/mol. The first kappa shape index (κ1) is 19.9. The van der Waals surface area contributed by atoms with Gasteiger partial charge >= 0.3 is 0 Å². The third kappa shape index (κ3) is 5.09. The summed E-state index contributed by atoms with van der Waals surface area (Å²) in [6, 6.07) is 15.5. The molecule has 1 fully saturated rings. The maximum absolute atomic E-state index is 13.1.